The van der Waals surface area contributed by atoms with E-state index in [1.54, 1.807) is 0 Å². The van der Waals surface area contributed by atoms with Crippen LogP contribution in [0.15, 0.2) is 0 Å². The average molecular weight is 271 g/mol. The Balaban J connectivity index is 2.35. The highest BCUT2D eigenvalue weighted by molar-refractivity contribution is 7.80. The second-order valence-electron chi connectivity index (χ2n) is 6.07. The predicted octanol–water partition coefficient (Wildman–Crippen LogP) is 2.37. The second-order valence-corrected chi connectivity index (χ2v) is 6.47. The molecule has 3 nitrogen and oxygen atoms in total. The SMILES string of the molecule is CC(C)C(CN(C)C)NC(=S)NC1CCCCC1. The summed E-state index contributed by atoms with van der Waals surface area (Å²) in [6.07, 6.45) is 6.59. The number of likely N-dealkylation sites (N-methyl/N-ethyl adjacent to an activating group) is 1. The minimum Gasteiger partial charge on any atom is -0.360 e. The lowest BCUT2D eigenvalue weighted by atomic mass is 9.96. The molecule has 4 heteroatoms. The molecule has 1 atom stereocenters. The number of hydrogen-bond donors (Lipinski definition) is 2. The Morgan fingerprint density at radius 3 is 2.33 bits per heavy atom. The molecule has 0 aromatic rings. The molecule has 1 fully saturated rings. The second kappa shape index (κ2) is 7.95. The first-order valence-electron chi connectivity index (χ1n) is 7.20. The zero-order valence-electron chi connectivity index (χ0n) is 12.3. The molecule has 0 heterocycles. The van der Waals surface area contributed by atoms with Crippen LogP contribution < -0.4 is 10.6 Å². The fraction of sp³-hybridized carbons (Fsp3) is 0.929. The summed E-state index contributed by atoms with van der Waals surface area (Å²) in [6, 6.07) is 1.01. The van der Waals surface area contributed by atoms with E-state index in [-0.39, 0.29) is 0 Å². The maximum absolute atomic E-state index is 5.44. The van der Waals surface area contributed by atoms with Crippen molar-refractivity contribution in [3.05, 3.63) is 0 Å². The zero-order chi connectivity index (χ0) is 13.5. The third-order valence-corrected chi connectivity index (χ3v) is 3.86. The molecule has 0 bridgehead atoms. The number of hydrogen-bond acceptors (Lipinski definition) is 2. The van der Waals surface area contributed by atoms with Crippen LogP contribution in [0.3, 0.4) is 0 Å². The molecule has 1 unspecified atom stereocenters. The molecule has 1 aliphatic rings. The summed E-state index contributed by atoms with van der Waals surface area (Å²) in [7, 11) is 4.21. The monoisotopic (exact) mass is 271 g/mol. The summed E-state index contributed by atoms with van der Waals surface area (Å²) in [5.74, 6) is 0.582. The molecule has 0 aromatic heterocycles. The fourth-order valence-corrected chi connectivity index (χ4v) is 2.78. The Bertz CT molecular complexity index is 247. The quantitative estimate of drug-likeness (QED) is 0.751. The van der Waals surface area contributed by atoms with Gasteiger partial charge in [0.1, 0.15) is 0 Å². The first-order chi connectivity index (χ1) is 8.49. The van der Waals surface area contributed by atoms with Crippen LogP contribution in [-0.4, -0.2) is 42.7 Å². The third kappa shape index (κ3) is 6.01. The van der Waals surface area contributed by atoms with Crippen LogP contribution in [0.4, 0.5) is 0 Å². The van der Waals surface area contributed by atoms with Crippen molar-refractivity contribution in [1.82, 2.24) is 15.5 Å². The Labute approximate surface area is 118 Å². The van der Waals surface area contributed by atoms with Gasteiger partial charge in [0.05, 0.1) is 0 Å². The van der Waals surface area contributed by atoms with Crippen molar-refractivity contribution in [2.24, 2.45) is 5.92 Å². The first kappa shape index (κ1) is 15.7. The molecule has 0 radical (unpaired) electrons. The minimum atomic E-state index is 0.420. The van der Waals surface area contributed by atoms with E-state index in [9.17, 15) is 0 Å². The van der Waals surface area contributed by atoms with Crippen LogP contribution in [0.2, 0.25) is 0 Å². The van der Waals surface area contributed by atoms with E-state index in [0.29, 0.717) is 18.0 Å². The summed E-state index contributed by atoms with van der Waals surface area (Å²) in [5.41, 5.74) is 0. The molecule has 0 aromatic carbocycles. The van der Waals surface area contributed by atoms with Gasteiger partial charge in [-0.3, -0.25) is 0 Å². The van der Waals surface area contributed by atoms with Gasteiger partial charge < -0.3 is 15.5 Å². The first-order valence-corrected chi connectivity index (χ1v) is 7.61. The third-order valence-electron chi connectivity index (χ3n) is 3.62. The van der Waals surface area contributed by atoms with Crippen molar-refractivity contribution >= 4 is 17.3 Å². The van der Waals surface area contributed by atoms with Crippen molar-refractivity contribution in [3.63, 3.8) is 0 Å². The summed E-state index contributed by atoms with van der Waals surface area (Å²) >= 11 is 5.44. The summed E-state index contributed by atoms with van der Waals surface area (Å²) in [5, 5.41) is 7.79. The van der Waals surface area contributed by atoms with Crippen molar-refractivity contribution in [2.45, 2.75) is 58.0 Å². The Hall–Kier alpha value is -0.350. The summed E-state index contributed by atoms with van der Waals surface area (Å²) in [4.78, 5) is 2.21. The van der Waals surface area contributed by atoms with Crippen molar-refractivity contribution in [2.75, 3.05) is 20.6 Å². The molecule has 18 heavy (non-hydrogen) atoms. The largest absolute Gasteiger partial charge is 0.360 e. The highest BCUT2D eigenvalue weighted by Gasteiger charge is 2.18. The lowest BCUT2D eigenvalue weighted by Gasteiger charge is -2.30. The van der Waals surface area contributed by atoms with Crippen LogP contribution in [0.25, 0.3) is 0 Å². The van der Waals surface area contributed by atoms with Gasteiger partial charge in [0.2, 0.25) is 0 Å². The van der Waals surface area contributed by atoms with Gasteiger partial charge in [-0.15, -0.1) is 0 Å². The molecule has 0 saturated heterocycles. The highest BCUT2D eigenvalue weighted by Crippen LogP contribution is 2.17. The predicted molar refractivity (Wildman–Crippen MR) is 82.9 cm³/mol. The standard InChI is InChI=1S/C14H29N3S/c1-11(2)13(10-17(3)4)16-14(18)15-12-8-6-5-7-9-12/h11-13H,5-10H2,1-4H3,(H2,15,16,18). The maximum Gasteiger partial charge on any atom is 0.166 e. The molecule has 106 valence electrons. The van der Waals surface area contributed by atoms with Crippen LogP contribution in [-0.2, 0) is 0 Å². The zero-order valence-corrected chi connectivity index (χ0v) is 13.1. The molecule has 0 spiro atoms. The van der Waals surface area contributed by atoms with Gasteiger partial charge >= 0.3 is 0 Å². The lowest BCUT2D eigenvalue weighted by molar-refractivity contribution is 0.310. The smallest absolute Gasteiger partial charge is 0.166 e. The molecule has 2 N–H and O–H groups in total. The highest BCUT2D eigenvalue weighted by atomic mass is 32.1. The van der Waals surface area contributed by atoms with Crippen LogP contribution in [0.1, 0.15) is 46.0 Å². The molecule has 0 aliphatic heterocycles. The van der Waals surface area contributed by atoms with Crippen molar-refractivity contribution in [3.8, 4) is 0 Å². The normalized spacial score (nSPS) is 19.0. The summed E-state index contributed by atoms with van der Waals surface area (Å²) in [6.45, 7) is 5.50. The molecule has 1 aliphatic carbocycles. The van der Waals surface area contributed by atoms with E-state index in [2.05, 4.69) is 43.5 Å². The number of thiocarbonyl (C=S) groups is 1. The molecule has 1 rings (SSSR count). The van der Waals surface area contributed by atoms with E-state index in [1.807, 2.05) is 0 Å². The number of rotatable bonds is 5. The maximum atomic E-state index is 5.44. The lowest BCUT2D eigenvalue weighted by Crippen LogP contribution is -2.51. The van der Waals surface area contributed by atoms with Gasteiger partial charge in [-0.05, 0) is 45.1 Å². The van der Waals surface area contributed by atoms with Crippen LogP contribution in [0.5, 0.6) is 0 Å². The minimum absolute atomic E-state index is 0.420. The Morgan fingerprint density at radius 2 is 1.83 bits per heavy atom. The molecular formula is C14H29N3S. The van der Waals surface area contributed by atoms with Crippen molar-refractivity contribution in [1.29, 1.82) is 0 Å². The van der Waals surface area contributed by atoms with E-state index in [0.717, 1.165) is 11.7 Å². The average Bonchev–Trinajstić information content (AvgIpc) is 2.28. The fourth-order valence-electron chi connectivity index (χ4n) is 2.46. The van der Waals surface area contributed by atoms with E-state index in [4.69, 9.17) is 12.2 Å². The number of nitrogens with zero attached hydrogens (tertiary/aromatic N) is 1. The van der Waals surface area contributed by atoms with Gasteiger partial charge in [0.25, 0.3) is 0 Å². The van der Waals surface area contributed by atoms with Gasteiger partial charge in [-0.1, -0.05) is 33.1 Å². The van der Waals surface area contributed by atoms with Crippen LogP contribution in [0, 0.1) is 5.92 Å². The van der Waals surface area contributed by atoms with Gasteiger partial charge in [0.15, 0.2) is 5.11 Å². The molecule has 0 amide bonds. The van der Waals surface area contributed by atoms with Crippen molar-refractivity contribution < 1.29 is 0 Å². The topological polar surface area (TPSA) is 27.3 Å². The number of nitrogens with one attached hydrogen (secondary N) is 2. The summed E-state index contributed by atoms with van der Waals surface area (Å²) < 4.78 is 0. The van der Waals surface area contributed by atoms with E-state index < -0.39 is 0 Å². The molecule has 1 saturated carbocycles. The van der Waals surface area contributed by atoms with E-state index in [1.165, 1.54) is 32.1 Å². The van der Waals surface area contributed by atoms with E-state index >= 15 is 0 Å². The molecular weight excluding hydrogens is 242 g/mol. The van der Waals surface area contributed by atoms with Gasteiger partial charge in [0, 0.05) is 18.6 Å². The van der Waals surface area contributed by atoms with Gasteiger partial charge in [-0.25, -0.2) is 0 Å². The van der Waals surface area contributed by atoms with Gasteiger partial charge in [-0.2, -0.15) is 0 Å². The van der Waals surface area contributed by atoms with Crippen LogP contribution >= 0.6 is 12.2 Å². The Kier molecular flexibility index (Phi) is 6.94. The Morgan fingerprint density at radius 1 is 1.22 bits per heavy atom.